The van der Waals surface area contributed by atoms with E-state index in [9.17, 15) is 9.59 Å². The number of hydrogen-bond donors (Lipinski definition) is 2. The van der Waals surface area contributed by atoms with Gasteiger partial charge in [0.25, 0.3) is 0 Å². The second-order valence-corrected chi connectivity index (χ2v) is 6.88. The van der Waals surface area contributed by atoms with Crippen LogP contribution in [0.4, 0.5) is 0 Å². The Morgan fingerprint density at radius 2 is 1.90 bits per heavy atom. The second-order valence-electron chi connectivity index (χ2n) is 6.88. The molecule has 0 spiro atoms. The fourth-order valence-electron chi connectivity index (χ4n) is 3.58. The molecule has 1 atom stereocenters. The maximum absolute atomic E-state index is 12.7. The van der Waals surface area contributed by atoms with E-state index >= 15 is 0 Å². The van der Waals surface area contributed by atoms with E-state index in [2.05, 4.69) is 15.3 Å². The monoisotopic (exact) mass is 387 g/mol. The molecule has 0 saturated heterocycles. The molecule has 29 heavy (non-hydrogen) atoms. The van der Waals surface area contributed by atoms with Crippen LogP contribution >= 0.6 is 0 Å². The van der Waals surface area contributed by atoms with Gasteiger partial charge in [-0.3, -0.25) is 9.78 Å². The molecular formula is C23H21N3O3. The number of carbonyl (C=O) groups excluding carboxylic acids is 2. The zero-order chi connectivity index (χ0) is 20.2. The van der Waals surface area contributed by atoms with Gasteiger partial charge in [-0.2, -0.15) is 0 Å². The molecule has 2 aromatic heterocycles. The van der Waals surface area contributed by atoms with Crippen LogP contribution in [0.25, 0.3) is 21.8 Å². The summed E-state index contributed by atoms with van der Waals surface area (Å²) >= 11 is 0. The smallest absolute Gasteiger partial charge is 0.328 e. The summed E-state index contributed by atoms with van der Waals surface area (Å²) in [5, 5.41) is 4.82. The van der Waals surface area contributed by atoms with Gasteiger partial charge in [0.15, 0.2) is 0 Å². The van der Waals surface area contributed by atoms with Gasteiger partial charge in [-0.15, -0.1) is 0 Å². The van der Waals surface area contributed by atoms with Crippen molar-refractivity contribution in [2.45, 2.75) is 18.9 Å². The van der Waals surface area contributed by atoms with Crippen LogP contribution in [-0.4, -0.2) is 35.0 Å². The van der Waals surface area contributed by atoms with Crippen molar-refractivity contribution in [2.24, 2.45) is 0 Å². The van der Waals surface area contributed by atoms with Crippen LogP contribution in [-0.2, 0) is 27.2 Å². The number of methoxy groups -OCH3 is 1. The standard InChI is InChI=1S/C23H21N3O3/c1-29-23(28)20(12-17-14-25-19-10-3-2-9-18(17)19)26-21(27)13-16-7-4-6-15-8-5-11-24-22(15)16/h2-11,14,20,25H,12-13H2,1H3,(H,26,27). The zero-order valence-electron chi connectivity index (χ0n) is 16.0. The van der Waals surface area contributed by atoms with Gasteiger partial charge in [-0.05, 0) is 23.3 Å². The molecule has 4 aromatic rings. The minimum Gasteiger partial charge on any atom is -0.467 e. The highest BCUT2D eigenvalue weighted by molar-refractivity contribution is 5.90. The van der Waals surface area contributed by atoms with Gasteiger partial charge >= 0.3 is 5.97 Å². The normalized spacial score (nSPS) is 12.0. The van der Waals surface area contributed by atoms with Gasteiger partial charge in [0, 0.05) is 35.1 Å². The Kier molecular flexibility index (Phi) is 5.24. The van der Waals surface area contributed by atoms with Crippen molar-refractivity contribution in [1.29, 1.82) is 0 Å². The lowest BCUT2D eigenvalue weighted by Crippen LogP contribution is -2.43. The molecule has 2 heterocycles. The number of nitrogens with one attached hydrogen (secondary N) is 2. The average molecular weight is 387 g/mol. The van der Waals surface area contributed by atoms with Crippen molar-refractivity contribution < 1.29 is 14.3 Å². The maximum atomic E-state index is 12.7. The first-order chi connectivity index (χ1) is 14.2. The van der Waals surface area contributed by atoms with Gasteiger partial charge in [-0.25, -0.2) is 4.79 Å². The third-order valence-corrected chi connectivity index (χ3v) is 4.99. The number of H-pyrrole nitrogens is 1. The number of nitrogens with zero attached hydrogens (tertiary/aromatic N) is 1. The molecule has 146 valence electrons. The first kappa shape index (κ1) is 18.7. The lowest BCUT2D eigenvalue weighted by molar-refractivity contribution is -0.145. The molecule has 6 nitrogen and oxygen atoms in total. The van der Waals surface area contributed by atoms with Crippen LogP contribution < -0.4 is 5.32 Å². The molecule has 4 rings (SSSR count). The van der Waals surface area contributed by atoms with Crippen molar-refractivity contribution >= 4 is 33.7 Å². The minimum absolute atomic E-state index is 0.135. The van der Waals surface area contributed by atoms with Gasteiger partial charge in [0.1, 0.15) is 6.04 Å². The van der Waals surface area contributed by atoms with E-state index in [4.69, 9.17) is 4.74 Å². The predicted octanol–water partition coefficient (Wildman–Crippen LogP) is 3.16. The Morgan fingerprint density at radius 1 is 1.07 bits per heavy atom. The lowest BCUT2D eigenvalue weighted by Gasteiger charge is -2.16. The van der Waals surface area contributed by atoms with Crippen LogP contribution in [0.1, 0.15) is 11.1 Å². The Hall–Kier alpha value is -3.67. The van der Waals surface area contributed by atoms with Gasteiger partial charge in [0.05, 0.1) is 19.0 Å². The molecule has 2 N–H and O–H groups in total. The number of hydrogen-bond acceptors (Lipinski definition) is 4. The number of rotatable bonds is 6. The van der Waals surface area contributed by atoms with E-state index in [1.54, 1.807) is 6.20 Å². The van der Waals surface area contributed by atoms with Crippen molar-refractivity contribution in [3.63, 3.8) is 0 Å². The zero-order valence-corrected chi connectivity index (χ0v) is 16.0. The quantitative estimate of drug-likeness (QED) is 0.498. The molecule has 1 amide bonds. The number of amides is 1. The third-order valence-electron chi connectivity index (χ3n) is 4.99. The topological polar surface area (TPSA) is 84.1 Å². The molecule has 0 fully saturated rings. The molecule has 1 unspecified atom stereocenters. The summed E-state index contributed by atoms with van der Waals surface area (Å²) in [7, 11) is 1.32. The summed E-state index contributed by atoms with van der Waals surface area (Å²) in [5.41, 5.74) is 3.54. The number of pyridine rings is 1. The summed E-state index contributed by atoms with van der Waals surface area (Å²) in [4.78, 5) is 32.6. The third kappa shape index (κ3) is 3.96. The number of aromatic nitrogens is 2. The summed E-state index contributed by atoms with van der Waals surface area (Å²) in [6.45, 7) is 0. The summed E-state index contributed by atoms with van der Waals surface area (Å²) in [6.07, 6.45) is 4.05. The van der Waals surface area contributed by atoms with E-state index in [1.165, 1.54) is 7.11 Å². The molecule has 0 bridgehead atoms. The molecule has 0 radical (unpaired) electrons. The van der Waals surface area contributed by atoms with E-state index in [1.807, 2.05) is 60.8 Å². The highest BCUT2D eigenvalue weighted by Crippen LogP contribution is 2.20. The summed E-state index contributed by atoms with van der Waals surface area (Å²) in [5.74, 6) is -0.724. The minimum atomic E-state index is -0.769. The highest BCUT2D eigenvalue weighted by Gasteiger charge is 2.23. The first-order valence-corrected chi connectivity index (χ1v) is 9.40. The fraction of sp³-hybridized carbons (Fsp3) is 0.174. The molecule has 0 aliphatic rings. The average Bonchev–Trinajstić information content (AvgIpc) is 3.16. The Labute approximate surface area is 167 Å². The molecule has 0 saturated carbocycles. The number of benzene rings is 2. The van der Waals surface area contributed by atoms with E-state index in [-0.39, 0.29) is 12.3 Å². The van der Waals surface area contributed by atoms with Crippen LogP contribution in [0, 0.1) is 0 Å². The fourth-order valence-corrected chi connectivity index (χ4v) is 3.58. The van der Waals surface area contributed by atoms with E-state index < -0.39 is 12.0 Å². The molecule has 0 aliphatic carbocycles. The number of esters is 1. The van der Waals surface area contributed by atoms with Gasteiger partial charge in [-0.1, -0.05) is 42.5 Å². The Morgan fingerprint density at radius 3 is 2.76 bits per heavy atom. The molecule has 6 heteroatoms. The summed E-state index contributed by atoms with van der Waals surface area (Å²) in [6, 6.07) is 16.6. The van der Waals surface area contributed by atoms with Crippen LogP contribution in [0.5, 0.6) is 0 Å². The number of aromatic amines is 1. The largest absolute Gasteiger partial charge is 0.467 e. The Bertz CT molecular complexity index is 1180. The molecule has 2 aromatic carbocycles. The highest BCUT2D eigenvalue weighted by atomic mass is 16.5. The lowest BCUT2D eigenvalue weighted by atomic mass is 10.0. The number of ether oxygens (including phenoxy) is 1. The van der Waals surface area contributed by atoms with Crippen molar-refractivity contribution in [1.82, 2.24) is 15.3 Å². The maximum Gasteiger partial charge on any atom is 0.328 e. The molecule has 0 aliphatic heterocycles. The van der Waals surface area contributed by atoms with Crippen LogP contribution in [0.2, 0.25) is 0 Å². The second kappa shape index (κ2) is 8.14. The number of para-hydroxylation sites is 2. The molecular weight excluding hydrogens is 366 g/mol. The van der Waals surface area contributed by atoms with E-state index in [0.717, 1.165) is 32.9 Å². The van der Waals surface area contributed by atoms with Crippen LogP contribution in [0.15, 0.2) is 67.0 Å². The Balaban J connectivity index is 1.53. The first-order valence-electron chi connectivity index (χ1n) is 9.40. The van der Waals surface area contributed by atoms with Crippen LogP contribution in [0.3, 0.4) is 0 Å². The SMILES string of the molecule is COC(=O)C(Cc1c[nH]c2ccccc12)NC(=O)Cc1cccc2cccnc12. The summed E-state index contributed by atoms with van der Waals surface area (Å²) < 4.78 is 4.92. The van der Waals surface area contributed by atoms with E-state index in [0.29, 0.717) is 6.42 Å². The van der Waals surface area contributed by atoms with Gasteiger partial charge < -0.3 is 15.0 Å². The van der Waals surface area contributed by atoms with Crippen molar-refractivity contribution in [2.75, 3.05) is 7.11 Å². The number of fused-ring (bicyclic) bond motifs is 2. The van der Waals surface area contributed by atoms with Crippen molar-refractivity contribution in [3.05, 3.63) is 78.1 Å². The predicted molar refractivity (Wildman–Crippen MR) is 111 cm³/mol. The van der Waals surface area contributed by atoms with Crippen molar-refractivity contribution in [3.8, 4) is 0 Å². The van der Waals surface area contributed by atoms with Gasteiger partial charge in [0.2, 0.25) is 5.91 Å². The number of carbonyl (C=O) groups is 2.